The van der Waals surface area contributed by atoms with Gasteiger partial charge >= 0.3 is 0 Å². The van der Waals surface area contributed by atoms with Crippen molar-refractivity contribution in [3.63, 3.8) is 0 Å². The van der Waals surface area contributed by atoms with Crippen molar-refractivity contribution >= 4 is 11.0 Å². The zero-order valence-corrected chi connectivity index (χ0v) is 8.46. The molecule has 2 heterocycles. The topological polar surface area (TPSA) is 37.9 Å². The summed E-state index contributed by atoms with van der Waals surface area (Å²) in [6.07, 6.45) is 1.72. The number of aromatic nitrogens is 2. The molecule has 0 bridgehead atoms. The second-order valence-electron chi connectivity index (χ2n) is 3.91. The Morgan fingerprint density at radius 3 is 3.00 bits per heavy atom. The monoisotopic (exact) mass is 224 g/mol. The summed E-state index contributed by atoms with van der Waals surface area (Å²) >= 11 is 0. The van der Waals surface area contributed by atoms with E-state index in [9.17, 15) is 8.78 Å². The highest BCUT2D eigenvalue weighted by atomic mass is 19.1. The minimum atomic E-state index is -0.643. The van der Waals surface area contributed by atoms with Gasteiger partial charge < -0.3 is 9.72 Å². The molecule has 3 rings (SSSR count). The molecule has 0 saturated carbocycles. The fraction of sp³-hybridized carbons (Fsp3) is 0.364. The van der Waals surface area contributed by atoms with E-state index in [0.29, 0.717) is 17.9 Å². The van der Waals surface area contributed by atoms with Crippen molar-refractivity contribution in [2.75, 3.05) is 6.61 Å². The summed E-state index contributed by atoms with van der Waals surface area (Å²) in [7, 11) is 0. The fourth-order valence-corrected chi connectivity index (χ4v) is 2.01. The molecule has 0 spiro atoms. The number of fused-ring (bicyclic) bond motifs is 1. The zero-order chi connectivity index (χ0) is 11.1. The minimum absolute atomic E-state index is 0.116. The van der Waals surface area contributed by atoms with Gasteiger partial charge in [0.1, 0.15) is 23.3 Å². The van der Waals surface area contributed by atoms with Crippen LogP contribution in [0, 0.1) is 11.6 Å². The molecule has 1 unspecified atom stereocenters. The van der Waals surface area contributed by atoms with Crippen molar-refractivity contribution in [2.24, 2.45) is 0 Å². The number of hydrogen-bond acceptors (Lipinski definition) is 2. The Labute approximate surface area is 90.4 Å². The fourth-order valence-electron chi connectivity index (χ4n) is 2.01. The van der Waals surface area contributed by atoms with Crippen LogP contribution in [-0.4, -0.2) is 16.6 Å². The Morgan fingerprint density at radius 2 is 2.25 bits per heavy atom. The van der Waals surface area contributed by atoms with Crippen molar-refractivity contribution < 1.29 is 13.5 Å². The van der Waals surface area contributed by atoms with Crippen LogP contribution in [0.3, 0.4) is 0 Å². The van der Waals surface area contributed by atoms with Crippen molar-refractivity contribution in [1.29, 1.82) is 0 Å². The van der Waals surface area contributed by atoms with Crippen LogP contribution in [0.2, 0.25) is 0 Å². The molecule has 1 atom stereocenters. The number of imidazole rings is 1. The molecule has 0 aliphatic carbocycles. The number of hydrogen-bond donors (Lipinski definition) is 1. The maximum Gasteiger partial charge on any atom is 0.153 e. The first-order chi connectivity index (χ1) is 7.74. The largest absolute Gasteiger partial charge is 0.370 e. The molecule has 0 amide bonds. The number of nitrogens with one attached hydrogen (secondary N) is 1. The first kappa shape index (κ1) is 9.72. The predicted molar refractivity (Wildman–Crippen MR) is 53.9 cm³/mol. The summed E-state index contributed by atoms with van der Waals surface area (Å²) in [6.45, 7) is 0.693. The number of aromatic amines is 1. The number of nitrogens with zero attached hydrogens (tertiary/aromatic N) is 1. The molecule has 2 aromatic rings. The van der Waals surface area contributed by atoms with E-state index < -0.39 is 11.6 Å². The smallest absolute Gasteiger partial charge is 0.153 e. The highest BCUT2D eigenvalue weighted by molar-refractivity contribution is 5.75. The van der Waals surface area contributed by atoms with Gasteiger partial charge in [-0.2, -0.15) is 0 Å². The number of benzene rings is 1. The van der Waals surface area contributed by atoms with Gasteiger partial charge in [-0.05, 0) is 18.9 Å². The molecule has 5 heteroatoms. The Bertz CT molecular complexity index is 532. The van der Waals surface area contributed by atoms with Gasteiger partial charge in [0.05, 0.1) is 5.52 Å². The van der Waals surface area contributed by atoms with Gasteiger partial charge in [-0.1, -0.05) is 0 Å². The summed E-state index contributed by atoms with van der Waals surface area (Å²) in [5.41, 5.74) is 0.551. The second-order valence-corrected chi connectivity index (χ2v) is 3.91. The third-order valence-corrected chi connectivity index (χ3v) is 2.76. The lowest BCUT2D eigenvalue weighted by Gasteiger charge is -2.03. The minimum Gasteiger partial charge on any atom is -0.370 e. The van der Waals surface area contributed by atoms with Crippen LogP contribution < -0.4 is 0 Å². The molecule has 1 saturated heterocycles. The van der Waals surface area contributed by atoms with E-state index in [0.717, 1.165) is 18.9 Å². The van der Waals surface area contributed by atoms with Crippen LogP contribution in [0.15, 0.2) is 12.1 Å². The molecular formula is C11H10F2N2O. The van der Waals surface area contributed by atoms with E-state index in [-0.39, 0.29) is 11.6 Å². The van der Waals surface area contributed by atoms with E-state index >= 15 is 0 Å². The van der Waals surface area contributed by atoms with Crippen molar-refractivity contribution in [3.8, 4) is 0 Å². The number of halogens is 2. The molecule has 1 aromatic carbocycles. The van der Waals surface area contributed by atoms with Crippen LogP contribution in [0.4, 0.5) is 8.78 Å². The highest BCUT2D eigenvalue weighted by Crippen LogP contribution is 2.28. The van der Waals surface area contributed by atoms with E-state index in [1.165, 1.54) is 6.07 Å². The maximum absolute atomic E-state index is 13.4. The molecule has 1 aromatic heterocycles. The maximum atomic E-state index is 13.4. The van der Waals surface area contributed by atoms with Crippen LogP contribution in [0.5, 0.6) is 0 Å². The van der Waals surface area contributed by atoms with Crippen LogP contribution >= 0.6 is 0 Å². The van der Waals surface area contributed by atoms with Gasteiger partial charge in [-0.15, -0.1) is 0 Å². The van der Waals surface area contributed by atoms with E-state index in [2.05, 4.69) is 9.97 Å². The summed E-state index contributed by atoms with van der Waals surface area (Å²) in [5, 5.41) is 0. The predicted octanol–water partition coefficient (Wildman–Crippen LogP) is 2.69. The standard InChI is InChI=1S/C11H10F2N2O/c12-6-4-7(13)10-8(5-6)14-11(15-10)9-2-1-3-16-9/h4-5,9H,1-3H2,(H,14,15). The molecule has 1 fully saturated rings. The molecule has 1 N–H and O–H groups in total. The first-order valence-corrected chi connectivity index (χ1v) is 5.20. The molecule has 1 aliphatic rings. The average molecular weight is 224 g/mol. The summed E-state index contributed by atoms with van der Waals surface area (Å²) in [6, 6.07) is 2.08. The molecule has 16 heavy (non-hydrogen) atoms. The molecule has 3 nitrogen and oxygen atoms in total. The summed E-state index contributed by atoms with van der Waals surface area (Å²) in [5.74, 6) is -0.667. The summed E-state index contributed by atoms with van der Waals surface area (Å²) < 4.78 is 31.8. The quantitative estimate of drug-likeness (QED) is 0.808. The first-order valence-electron chi connectivity index (χ1n) is 5.20. The lowest BCUT2D eigenvalue weighted by Crippen LogP contribution is -1.97. The van der Waals surface area contributed by atoms with Gasteiger partial charge in [0, 0.05) is 12.7 Å². The average Bonchev–Trinajstić information content (AvgIpc) is 2.82. The van der Waals surface area contributed by atoms with Crippen LogP contribution in [0.1, 0.15) is 24.8 Å². The third kappa shape index (κ3) is 1.48. The van der Waals surface area contributed by atoms with Gasteiger partial charge in [0.15, 0.2) is 5.82 Å². The Kier molecular flexibility index (Phi) is 2.14. The Balaban J connectivity index is 2.11. The number of rotatable bonds is 1. The summed E-state index contributed by atoms with van der Waals surface area (Å²) in [4.78, 5) is 7.02. The molecule has 84 valence electrons. The van der Waals surface area contributed by atoms with Gasteiger partial charge in [-0.25, -0.2) is 13.8 Å². The van der Waals surface area contributed by atoms with Gasteiger partial charge in [0.2, 0.25) is 0 Å². The number of ether oxygens (including phenoxy) is 1. The van der Waals surface area contributed by atoms with E-state index in [1.54, 1.807) is 0 Å². The van der Waals surface area contributed by atoms with Crippen LogP contribution in [0.25, 0.3) is 11.0 Å². The van der Waals surface area contributed by atoms with Crippen molar-refractivity contribution in [3.05, 3.63) is 29.6 Å². The zero-order valence-electron chi connectivity index (χ0n) is 8.46. The van der Waals surface area contributed by atoms with E-state index in [1.807, 2.05) is 0 Å². The van der Waals surface area contributed by atoms with Crippen molar-refractivity contribution in [2.45, 2.75) is 18.9 Å². The SMILES string of the molecule is Fc1cc(F)c2nc(C3CCCO3)[nH]c2c1. The van der Waals surface area contributed by atoms with Crippen LogP contribution in [-0.2, 0) is 4.74 Å². The highest BCUT2D eigenvalue weighted by Gasteiger charge is 2.22. The lowest BCUT2D eigenvalue weighted by molar-refractivity contribution is 0.106. The Morgan fingerprint density at radius 1 is 1.38 bits per heavy atom. The number of H-pyrrole nitrogens is 1. The molecule has 0 radical (unpaired) electrons. The lowest BCUT2D eigenvalue weighted by atomic mass is 10.2. The van der Waals surface area contributed by atoms with E-state index in [4.69, 9.17) is 4.74 Å². The molecule has 1 aliphatic heterocycles. The normalized spacial score (nSPS) is 20.8. The third-order valence-electron chi connectivity index (χ3n) is 2.76. The second kappa shape index (κ2) is 3.52. The molecular weight excluding hydrogens is 214 g/mol. The van der Waals surface area contributed by atoms with Crippen molar-refractivity contribution in [1.82, 2.24) is 9.97 Å². The van der Waals surface area contributed by atoms with Gasteiger partial charge in [-0.3, -0.25) is 0 Å². The Hall–Kier alpha value is -1.49. The van der Waals surface area contributed by atoms with Gasteiger partial charge in [0.25, 0.3) is 0 Å².